The Hall–Kier alpha value is -2.34. The van der Waals surface area contributed by atoms with Crippen LogP contribution in [0.2, 0.25) is 0 Å². The zero-order valence-corrected chi connectivity index (χ0v) is 13.1. The summed E-state index contributed by atoms with van der Waals surface area (Å²) in [6.45, 7) is 2.14. The molecule has 0 heterocycles. The van der Waals surface area contributed by atoms with Gasteiger partial charge in [-0.2, -0.15) is 0 Å². The summed E-state index contributed by atoms with van der Waals surface area (Å²) in [7, 11) is 0. The lowest BCUT2D eigenvalue weighted by molar-refractivity contribution is 0.715. The molecule has 3 aromatic rings. The Bertz CT molecular complexity index is 681. The third-order valence-electron chi connectivity index (χ3n) is 4.25. The van der Waals surface area contributed by atoms with Gasteiger partial charge in [0.1, 0.15) is 0 Å². The van der Waals surface area contributed by atoms with Crippen LogP contribution in [0.1, 0.15) is 34.6 Å². The van der Waals surface area contributed by atoms with Gasteiger partial charge < -0.3 is 0 Å². The molecule has 1 unspecified atom stereocenters. The molecule has 1 atom stereocenters. The molecule has 3 aromatic carbocycles. The van der Waals surface area contributed by atoms with E-state index in [4.69, 9.17) is 0 Å². The Labute approximate surface area is 133 Å². The first-order valence-corrected chi connectivity index (χ1v) is 7.98. The van der Waals surface area contributed by atoms with Gasteiger partial charge in [0, 0.05) is 5.92 Å². The van der Waals surface area contributed by atoms with E-state index in [1.165, 1.54) is 22.3 Å². The fourth-order valence-corrected chi connectivity index (χ4v) is 2.97. The monoisotopic (exact) mass is 286 g/mol. The zero-order valence-electron chi connectivity index (χ0n) is 13.1. The summed E-state index contributed by atoms with van der Waals surface area (Å²) in [4.78, 5) is 0. The van der Waals surface area contributed by atoms with Gasteiger partial charge in [-0.3, -0.25) is 0 Å². The fourth-order valence-electron chi connectivity index (χ4n) is 2.97. The van der Waals surface area contributed by atoms with Crippen molar-refractivity contribution in [2.24, 2.45) is 0 Å². The standard InChI is InChI=1S/C22H22/c1-18-12-15-21(16-13-18)22(20-10-6-3-7-11-20)17-14-19-8-4-2-5-9-19/h2-13,15-16,22H,14,17H2,1H3. The first-order valence-electron chi connectivity index (χ1n) is 7.98. The predicted molar refractivity (Wildman–Crippen MR) is 94.2 cm³/mol. The minimum atomic E-state index is 0.460. The molecule has 0 N–H and O–H groups in total. The molecule has 0 fully saturated rings. The Morgan fingerprint density at radius 1 is 0.636 bits per heavy atom. The van der Waals surface area contributed by atoms with Gasteiger partial charge in [0.05, 0.1) is 0 Å². The Kier molecular flexibility index (Phi) is 4.70. The van der Waals surface area contributed by atoms with Crippen molar-refractivity contribution in [2.45, 2.75) is 25.7 Å². The summed E-state index contributed by atoms with van der Waals surface area (Å²) in [5.74, 6) is 0.460. The van der Waals surface area contributed by atoms with Gasteiger partial charge in [0.15, 0.2) is 0 Å². The molecule has 0 aromatic heterocycles. The summed E-state index contributed by atoms with van der Waals surface area (Å²) >= 11 is 0. The molecule has 0 radical (unpaired) electrons. The van der Waals surface area contributed by atoms with Crippen molar-refractivity contribution in [3.8, 4) is 0 Å². The molecule has 0 nitrogen and oxygen atoms in total. The second-order valence-corrected chi connectivity index (χ2v) is 5.90. The lowest BCUT2D eigenvalue weighted by Gasteiger charge is -2.18. The Morgan fingerprint density at radius 2 is 1.18 bits per heavy atom. The maximum Gasteiger partial charge on any atom is 0.00925 e. The third kappa shape index (κ3) is 3.65. The smallest absolute Gasteiger partial charge is 0.00925 e. The van der Waals surface area contributed by atoms with E-state index >= 15 is 0 Å². The molecule has 0 heteroatoms. The SMILES string of the molecule is Cc1ccc(C(CCc2ccccc2)c2ccccc2)cc1. The average molecular weight is 286 g/mol. The lowest BCUT2D eigenvalue weighted by Crippen LogP contribution is -2.03. The minimum Gasteiger partial charge on any atom is -0.0622 e. The van der Waals surface area contributed by atoms with Gasteiger partial charge >= 0.3 is 0 Å². The lowest BCUT2D eigenvalue weighted by atomic mass is 9.86. The first-order chi connectivity index (χ1) is 10.8. The highest BCUT2D eigenvalue weighted by molar-refractivity contribution is 5.34. The molecule has 3 rings (SSSR count). The second kappa shape index (κ2) is 7.09. The average Bonchev–Trinajstić information content (AvgIpc) is 2.58. The molecule has 0 bridgehead atoms. The van der Waals surface area contributed by atoms with Crippen LogP contribution in [0.25, 0.3) is 0 Å². The molecular formula is C22H22. The minimum absolute atomic E-state index is 0.460. The van der Waals surface area contributed by atoms with Gasteiger partial charge in [-0.15, -0.1) is 0 Å². The Morgan fingerprint density at radius 3 is 1.82 bits per heavy atom. The van der Waals surface area contributed by atoms with Crippen molar-refractivity contribution in [2.75, 3.05) is 0 Å². The normalized spacial score (nSPS) is 12.0. The van der Waals surface area contributed by atoms with Crippen LogP contribution >= 0.6 is 0 Å². The van der Waals surface area contributed by atoms with Crippen LogP contribution in [0.3, 0.4) is 0 Å². The quantitative estimate of drug-likeness (QED) is 0.559. The maximum atomic E-state index is 2.28. The largest absolute Gasteiger partial charge is 0.0622 e. The number of aryl methyl sites for hydroxylation is 2. The maximum absolute atomic E-state index is 2.28. The van der Waals surface area contributed by atoms with E-state index in [0.717, 1.165) is 12.8 Å². The summed E-state index contributed by atoms with van der Waals surface area (Å²) in [5, 5.41) is 0. The van der Waals surface area contributed by atoms with Crippen molar-refractivity contribution in [3.63, 3.8) is 0 Å². The van der Waals surface area contributed by atoms with Crippen molar-refractivity contribution in [3.05, 3.63) is 107 Å². The number of hydrogen-bond donors (Lipinski definition) is 0. The molecular weight excluding hydrogens is 264 g/mol. The van der Waals surface area contributed by atoms with Gasteiger partial charge in [-0.05, 0) is 36.5 Å². The molecule has 0 amide bonds. The van der Waals surface area contributed by atoms with E-state index in [9.17, 15) is 0 Å². The van der Waals surface area contributed by atoms with Crippen molar-refractivity contribution >= 4 is 0 Å². The van der Waals surface area contributed by atoms with Crippen LogP contribution in [0.15, 0.2) is 84.9 Å². The molecule has 0 spiro atoms. The Balaban J connectivity index is 1.85. The van der Waals surface area contributed by atoms with E-state index in [0.29, 0.717) is 5.92 Å². The second-order valence-electron chi connectivity index (χ2n) is 5.90. The highest BCUT2D eigenvalue weighted by Crippen LogP contribution is 2.29. The van der Waals surface area contributed by atoms with Gasteiger partial charge in [-0.25, -0.2) is 0 Å². The predicted octanol–water partition coefficient (Wildman–Crippen LogP) is 5.76. The van der Waals surface area contributed by atoms with Crippen LogP contribution < -0.4 is 0 Å². The van der Waals surface area contributed by atoms with E-state index in [1.54, 1.807) is 0 Å². The van der Waals surface area contributed by atoms with Crippen LogP contribution in [-0.2, 0) is 6.42 Å². The number of hydrogen-bond acceptors (Lipinski definition) is 0. The highest BCUT2D eigenvalue weighted by atomic mass is 14.2. The highest BCUT2D eigenvalue weighted by Gasteiger charge is 2.13. The molecule has 0 aliphatic heterocycles. The third-order valence-corrected chi connectivity index (χ3v) is 4.25. The summed E-state index contributed by atoms with van der Waals surface area (Å²) < 4.78 is 0. The van der Waals surface area contributed by atoms with Gasteiger partial charge in [0.25, 0.3) is 0 Å². The summed E-state index contributed by atoms with van der Waals surface area (Å²) in [5.41, 5.74) is 5.55. The molecule has 110 valence electrons. The zero-order chi connectivity index (χ0) is 15.2. The molecule has 0 saturated heterocycles. The molecule has 0 aliphatic rings. The summed E-state index contributed by atoms with van der Waals surface area (Å²) in [6, 6.07) is 30.6. The van der Waals surface area contributed by atoms with E-state index in [2.05, 4.69) is 91.9 Å². The van der Waals surface area contributed by atoms with Gasteiger partial charge in [-0.1, -0.05) is 90.5 Å². The fraction of sp³-hybridized carbons (Fsp3) is 0.182. The van der Waals surface area contributed by atoms with Crippen molar-refractivity contribution in [1.29, 1.82) is 0 Å². The number of rotatable bonds is 5. The van der Waals surface area contributed by atoms with Gasteiger partial charge in [0.2, 0.25) is 0 Å². The van der Waals surface area contributed by atoms with E-state index < -0.39 is 0 Å². The van der Waals surface area contributed by atoms with Crippen LogP contribution in [0, 0.1) is 6.92 Å². The van der Waals surface area contributed by atoms with Crippen molar-refractivity contribution < 1.29 is 0 Å². The first kappa shape index (κ1) is 14.6. The topological polar surface area (TPSA) is 0 Å². The van der Waals surface area contributed by atoms with E-state index in [-0.39, 0.29) is 0 Å². The van der Waals surface area contributed by atoms with Crippen LogP contribution in [0.5, 0.6) is 0 Å². The molecule has 0 aliphatic carbocycles. The van der Waals surface area contributed by atoms with Crippen LogP contribution in [-0.4, -0.2) is 0 Å². The molecule has 0 saturated carbocycles. The summed E-state index contributed by atoms with van der Waals surface area (Å²) in [6.07, 6.45) is 2.24. The molecule has 22 heavy (non-hydrogen) atoms. The van der Waals surface area contributed by atoms with E-state index in [1.807, 2.05) is 0 Å². The number of benzene rings is 3. The van der Waals surface area contributed by atoms with Crippen LogP contribution in [0.4, 0.5) is 0 Å². The van der Waals surface area contributed by atoms with Crippen molar-refractivity contribution in [1.82, 2.24) is 0 Å².